The average molecular weight is 410 g/mol. The first kappa shape index (κ1) is 20.3. The van der Waals surface area contributed by atoms with Crippen LogP contribution in [-0.2, 0) is 11.3 Å². The smallest absolute Gasteiger partial charge is 0.226 e. The van der Waals surface area contributed by atoms with Crippen molar-refractivity contribution in [1.29, 1.82) is 0 Å². The summed E-state index contributed by atoms with van der Waals surface area (Å²) in [4.78, 5) is 12.4. The van der Waals surface area contributed by atoms with E-state index in [1.807, 2.05) is 42.5 Å². The topological polar surface area (TPSA) is 81.2 Å². The Hall–Kier alpha value is -3.39. The minimum atomic E-state index is -0.130. The lowest BCUT2D eigenvalue weighted by Crippen LogP contribution is -2.15. The molecule has 2 aromatic carbocycles. The van der Waals surface area contributed by atoms with Gasteiger partial charge in [0.05, 0.1) is 7.11 Å². The number of benzene rings is 2. The number of hydrogen-bond donors (Lipinski definition) is 2. The molecule has 1 amide bonds. The van der Waals surface area contributed by atoms with Crippen molar-refractivity contribution in [3.8, 4) is 22.9 Å². The summed E-state index contributed by atoms with van der Waals surface area (Å²) in [5, 5.41) is 9.96. The average Bonchev–Trinajstić information content (AvgIpc) is 3.11. The second-order valence-electron chi connectivity index (χ2n) is 6.16. The molecule has 0 bridgehead atoms. The zero-order chi connectivity index (χ0) is 20.6. The predicted molar refractivity (Wildman–Crippen MR) is 115 cm³/mol. The molecule has 0 atom stereocenters. The molecule has 150 valence electrons. The van der Waals surface area contributed by atoms with Crippen molar-refractivity contribution in [2.24, 2.45) is 0 Å². The van der Waals surface area contributed by atoms with Crippen molar-refractivity contribution in [2.75, 3.05) is 19.0 Å². The molecule has 0 aliphatic heterocycles. The summed E-state index contributed by atoms with van der Waals surface area (Å²) in [5.74, 6) is 1.97. The van der Waals surface area contributed by atoms with E-state index in [9.17, 15) is 4.79 Å². The van der Waals surface area contributed by atoms with Gasteiger partial charge in [0.2, 0.25) is 5.91 Å². The SMILES string of the molecule is C=CCOc1cccc(NC(=O)CCn2c(-c3ccc(OC)cc3)n[nH]c2=S)c1. The lowest BCUT2D eigenvalue weighted by Gasteiger charge is -2.10. The summed E-state index contributed by atoms with van der Waals surface area (Å²) in [6, 6.07) is 14.7. The Morgan fingerprint density at radius 1 is 1.28 bits per heavy atom. The summed E-state index contributed by atoms with van der Waals surface area (Å²) < 4.78 is 12.9. The molecule has 8 heteroatoms. The molecular weight excluding hydrogens is 388 g/mol. The first-order valence-corrected chi connectivity index (χ1v) is 9.45. The first-order valence-electron chi connectivity index (χ1n) is 9.04. The third kappa shape index (κ3) is 5.32. The number of H-pyrrole nitrogens is 1. The van der Waals surface area contributed by atoms with Crippen LogP contribution in [0.4, 0.5) is 5.69 Å². The van der Waals surface area contributed by atoms with Gasteiger partial charge in [0.15, 0.2) is 10.6 Å². The van der Waals surface area contributed by atoms with Crippen molar-refractivity contribution in [1.82, 2.24) is 14.8 Å². The Morgan fingerprint density at radius 3 is 2.79 bits per heavy atom. The highest BCUT2D eigenvalue weighted by atomic mass is 32.1. The van der Waals surface area contributed by atoms with Gasteiger partial charge in [0, 0.05) is 30.3 Å². The molecule has 1 heterocycles. The van der Waals surface area contributed by atoms with Gasteiger partial charge in [-0.2, -0.15) is 5.10 Å². The van der Waals surface area contributed by atoms with E-state index in [2.05, 4.69) is 22.1 Å². The van der Waals surface area contributed by atoms with Crippen LogP contribution in [0, 0.1) is 4.77 Å². The molecule has 0 aliphatic rings. The lowest BCUT2D eigenvalue weighted by atomic mass is 10.2. The van der Waals surface area contributed by atoms with Crippen LogP contribution in [0.25, 0.3) is 11.4 Å². The Labute approximate surface area is 174 Å². The van der Waals surface area contributed by atoms with Gasteiger partial charge >= 0.3 is 0 Å². The number of nitrogens with one attached hydrogen (secondary N) is 2. The minimum absolute atomic E-state index is 0.130. The second-order valence-corrected chi connectivity index (χ2v) is 6.54. The van der Waals surface area contributed by atoms with E-state index in [-0.39, 0.29) is 12.3 Å². The van der Waals surface area contributed by atoms with Gasteiger partial charge in [-0.3, -0.25) is 14.5 Å². The zero-order valence-corrected chi connectivity index (χ0v) is 16.9. The second kappa shape index (κ2) is 9.70. The molecule has 3 aromatic rings. The number of aromatic amines is 1. The van der Waals surface area contributed by atoms with Crippen molar-refractivity contribution < 1.29 is 14.3 Å². The number of nitrogens with zero attached hydrogens (tertiary/aromatic N) is 2. The number of anilines is 1. The number of amides is 1. The highest BCUT2D eigenvalue weighted by Gasteiger charge is 2.11. The van der Waals surface area contributed by atoms with E-state index in [1.165, 1.54) is 0 Å². The summed E-state index contributed by atoms with van der Waals surface area (Å²) >= 11 is 5.32. The number of methoxy groups -OCH3 is 1. The molecule has 7 nitrogen and oxygen atoms in total. The van der Waals surface area contributed by atoms with Gasteiger partial charge in [0.25, 0.3) is 0 Å². The third-order valence-electron chi connectivity index (χ3n) is 4.15. The van der Waals surface area contributed by atoms with Crippen molar-refractivity contribution in [3.05, 3.63) is 66.0 Å². The molecule has 0 radical (unpaired) electrons. The van der Waals surface area contributed by atoms with Gasteiger partial charge in [-0.05, 0) is 48.6 Å². The number of carbonyl (C=O) groups excluding carboxylic acids is 1. The molecule has 0 fully saturated rings. The molecule has 1 aromatic heterocycles. The van der Waals surface area contributed by atoms with Crippen LogP contribution in [0.5, 0.6) is 11.5 Å². The van der Waals surface area contributed by atoms with Gasteiger partial charge in [-0.15, -0.1) is 0 Å². The van der Waals surface area contributed by atoms with Crippen LogP contribution in [0.1, 0.15) is 6.42 Å². The molecule has 29 heavy (non-hydrogen) atoms. The molecule has 0 saturated heterocycles. The summed E-state index contributed by atoms with van der Waals surface area (Å²) in [7, 11) is 1.62. The number of hydrogen-bond acceptors (Lipinski definition) is 5. The number of ether oxygens (including phenoxy) is 2. The zero-order valence-electron chi connectivity index (χ0n) is 16.1. The van der Waals surface area contributed by atoms with E-state index in [4.69, 9.17) is 21.7 Å². The molecule has 0 saturated carbocycles. The van der Waals surface area contributed by atoms with Crippen LogP contribution in [0.2, 0.25) is 0 Å². The minimum Gasteiger partial charge on any atom is -0.497 e. The fraction of sp³-hybridized carbons (Fsp3) is 0.190. The highest BCUT2D eigenvalue weighted by Crippen LogP contribution is 2.21. The van der Waals surface area contributed by atoms with E-state index in [1.54, 1.807) is 23.8 Å². The largest absolute Gasteiger partial charge is 0.497 e. The maximum absolute atomic E-state index is 12.4. The summed E-state index contributed by atoms with van der Waals surface area (Å²) in [5.41, 5.74) is 1.55. The van der Waals surface area contributed by atoms with Crippen molar-refractivity contribution >= 4 is 23.8 Å². The monoisotopic (exact) mass is 410 g/mol. The van der Waals surface area contributed by atoms with Crippen molar-refractivity contribution in [3.63, 3.8) is 0 Å². The summed E-state index contributed by atoms with van der Waals surface area (Å²) in [6.45, 7) is 4.43. The standard InChI is InChI=1S/C21H22N4O3S/c1-3-13-28-18-6-4-5-16(14-18)22-19(26)11-12-25-20(23-24-21(25)29)15-7-9-17(27-2)10-8-15/h3-10,14H,1,11-13H2,2H3,(H,22,26)(H,24,29). The molecule has 0 aliphatic carbocycles. The predicted octanol–water partition coefficient (Wildman–Crippen LogP) is 4.21. The van der Waals surface area contributed by atoms with E-state index in [0.29, 0.717) is 35.2 Å². The highest BCUT2D eigenvalue weighted by molar-refractivity contribution is 7.71. The third-order valence-corrected chi connectivity index (χ3v) is 4.47. The van der Waals surface area contributed by atoms with E-state index in [0.717, 1.165) is 11.3 Å². The Balaban J connectivity index is 1.65. The van der Waals surface area contributed by atoms with Crippen LogP contribution in [0.15, 0.2) is 61.2 Å². The Bertz CT molecular complexity index is 1040. The molecule has 3 rings (SSSR count). The first-order chi connectivity index (χ1) is 14.1. The molecule has 0 unspecified atom stereocenters. The van der Waals surface area contributed by atoms with E-state index >= 15 is 0 Å². The maximum Gasteiger partial charge on any atom is 0.226 e. The van der Waals surface area contributed by atoms with Crippen molar-refractivity contribution in [2.45, 2.75) is 13.0 Å². The van der Waals surface area contributed by atoms with Crippen LogP contribution in [0.3, 0.4) is 0 Å². The Morgan fingerprint density at radius 2 is 2.07 bits per heavy atom. The van der Waals surface area contributed by atoms with Gasteiger partial charge in [-0.25, -0.2) is 0 Å². The van der Waals surface area contributed by atoms with E-state index < -0.39 is 0 Å². The van der Waals surface area contributed by atoms with Crippen LogP contribution >= 0.6 is 12.2 Å². The Kier molecular flexibility index (Phi) is 6.80. The van der Waals surface area contributed by atoms with Gasteiger partial charge in [-0.1, -0.05) is 18.7 Å². The van der Waals surface area contributed by atoms with Crippen LogP contribution < -0.4 is 14.8 Å². The lowest BCUT2D eigenvalue weighted by molar-refractivity contribution is -0.116. The van der Waals surface area contributed by atoms with Crippen LogP contribution in [-0.4, -0.2) is 34.4 Å². The quantitative estimate of drug-likeness (QED) is 0.408. The van der Waals surface area contributed by atoms with Gasteiger partial charge in [0.1, 0.15) is 18.1 Å². The molecule has 2 N–H and O–H groups in total. The fourth-order valence-corrected chi connectivity index (χ4v) is 2.96. The maximum atomic E-state index is 12.4. The molecule has 0 spiro atoms. The normalized spacial score (nSPS) is 10.4. The molecular formula is C21H22N4O3S. The number of carbonyl (C=O) groups is 1. The summed E-state index contributed by atoms with van der Waals surface area (Å²) in [6.07, 6.45) is 1.91. The number of rotatable bonds is 9. The van der Waals surface area contributed by atoms with Gasteiger partial charge < -0.3 is 14.8 Å². The number of aromatic nitrogens is 3. The fourth-order valence-electron chi connectivity index (χ4n) is 2.74.